The van der Waals surface area contributed by atoms with Gasteiger partial charge in [-0.2, -0.15) is 0 Å². The van der Waals surface area contributed by atoms with E-state index in [4.69, 9.17) is 0 Å². The highest BCUT2D eigenvalue weighted by molar-refractivity contribution is 6.22. The Morgan fingerprint density at radius 2 is 0.780 bits per heavy atom. The second kappa shape index (κ2) is 11.7. The number of rotatable bonds is 4. The van der Waals surface area contributed by atoms with Crippen LogP contribution in [0.4, 0.5) is 0 Å². The van der Waals surface area contributed by atoms with Crippen LogP contribution in [0.15, 0.2) is 194 Å². The van der Waals surface area contributed by atoms with Gasteiger partial charge in [0.15, 0.2) is 0 Å². The third kappa shape index (κ3) is 4.38. The SMILES string of the molecule is CC1(C)c2cc(-n3c4ccccc4c4c5c(ccc43)ccn5-c3ccccc3)ccc2-c2ccc(-n3c4ccccc4c4c5c(ccc43)ccn5-c3ccccc3)cc21. The Morgan fingerprint density at radius 1 is 0.356 bits per heavy atom. The Kier molecular flexibility index (Phi) is 6.48. The molecule has 0 saturated carbocycles. The summed E-state index contributed by atoms with van der Waals surface area (Å²) in [5.41, 5.74) is 17.1. The van der Waals surface area contributed by atoms with Crippen molar-refractivity contribution in [3.8, 4) is 33.9 Å². The summed E-state index contributed by atoms with van der Waals surface area (Å²) in [4.78, 5) is 0. The lowest BCUT2D eigenvalue weighted by Gasteiger charge is -2.23. The number of nitrogens with zero attached hydrogens (tertiary/aromatic N) is 4. The third-order valence-corrected chi connectivity index (χ3v) is 13.2. The summed E-state index contributed by atoms with van der Waals surface area (Å²) in [5, 5.41) is 7.55. The van der Waals surface area contributed by atoms with Gasteiger partial charge >= 0.3 is 0 Å². The number of hydrogen-bond acceptors (Lipinski definition) is 0. The molecule has 0 fully saturated rings. The van der Waals surface area contributed by atoms with Gasteiger partial charge in [0.2, 0.25) is 0 Å². The average Bonchev–Trinajstić information content (AvgIpc) is 4.10. The molecule has 278 valence electrons. The zero-order valence-electron chi connectivity index (χ0n) is 32.8. The first-order chi connectivity index (χ1) is 29.0. The van der Waals surface area contributed by atoms with Crippen LogP contribution in [0.25, 0.3) is 99.3 Å². The van der Waals surface area contributed by atoms with Crippen molar-refractivity contribution in [3.63, 3.8) is 0 Å². The van der Waals surface area contributed by atoms with Gasteiger partial charge in [-0.1, -0.05) is 111 Å². The van der Waals surface area contributed by atoms with Crippen molar-refractivity contribution in [1.29, 1.82) is 0 Å². The molecule has 0 bridgehead atoms. The van der Waals surface area contributed by atoms with E-state index in [0.29, 0.717) is 0 Å². The fourth-order valence-corrected chi connectivity index (χ4v) is 10.5. The normalized spacial score (nSPS) is 13.4. The van der Waals surface area contributed by atoms with Gasteiger partial charge in [0.25, 0.3) is 0 Å². The van der Waals surface area contributed by atoms with Crippen molar-refractivity contribution in [2.75, 3.05) is 0 Å². The van der Waals surface area contributed by atoms with Crippen molar-refractivity contribution >= 4 is 65.4 Å². The molecule has 0 saturated heterocycles. The first-order valence-electron chi connectivity index (χ1n) is 20.5. The highest BCUT2D eigenvalue weighted by Crippen LogP contribution is 2.51. The van der Waals surface area contributed by atoms with E-state index in [1.807, 2.05) is 0 Å². The van der Waals surface area contributed by atoms with Crippen molar-refractivity contribution < 1.29 is 0 Å². The smallest absolute Gasteiger partial charge is 0.0628 e. The van der Waals surface area contributed by atoms with Gasteiger partial charge < -0.3 is 18.3 Å². The Bertz CT molecular complexity index is 3440. The van der Waals surface area contributed by atoms with Gasteiger partial charge in [-0.3, -0.25) is 0 Å². The Morgan fingerprint density at radius 3 is 1.24 bits per heavy atom. The number of fused-ring (bicyclic) bond motifs is 13. The van der Waals surface area contributed by atoms with Crippen LogP contribution in [0.3, 0.4) is 0 Å². The Labute approximate surface area is 341 Å². The number of para-hydroxylation sites is 4. The molecule has 8 aromatic carbocycles. The number of benzene rings is 8. The van der Waals surface area contributed by atoms with Crippen LogP contribution < -0.4 is 0 Å². The molecule has 0 radical (unpaired) electrons. The van der Waals surface area contributed by atoms with Crippen LogP contribution in [0, 0.1) is 0 Å². The fraction of sp³-hybridized carbons (Fsp3) is 0.0545. The van der Waals surface area contributed by atoms with Crippen LogP contribution >= 0.6 is 0 Å². The lowest BCUT2D eigenvalue weighted by atomic mass is 9.82. The van der Waals surface area contributed by atoms with E-state index in [2.05, 4.69) is 227 Å². The standard InChI is InChI=1S/C55H38N4/c1-55(2)45-33-39(58-47-19-11-9-17-43(47)51-49(58)27-21-35-29-31-56(53(35)51)37-13-5-3-6-14-37)23-25-41(45)42-26-24-40(34-46(42)55)59-48-20-12-10-18-44(48)52-50(59)28-22-36-30-32-57(54(36)52)38-15-7-4-8-16-38/h3-34H,1-2H3. The zero-order chi connectivity index (χ0) is 39.0. The number of aromatic nitrogens is 4. The molecule has 13 rings (SSSR count). The zero-order valence-corrected chi connectivity index (χ0v) is 32.8. The molecule has 0 unspecified atom stereocenters. The predicted molar refractivity (Wildman–Crippen MR) is 246 cm³/mol. The summed E-state index contributed by atoms with van der Waals surface area (Å²) >= 11 is 0. The molecule has 0 N–H and O–H groups in total. The molecule has 59 heavy (non-hydrogen) atoms. The summed E-state index contributed by atoms with van der Waals surface area (Å²) in [7, 11) is 0. The van der Waals surface area contributed by atoms with Crippen molar-refractivity contribution in [3.05, 3.63) is 206 Å². The minimum Gasteiger partial charge on any atom is -0.316 e. The second-order valence-electron chi connectivity index (χ2n) is 16.6. The van der Waals surface area contributed by atoms with E-state index in [1.165, 1.54) is 110 Å². The Balaban J connectivity index is 0.985. The molecule has 1 aliphatic carbocycles. The van der Waals surface area contributed by atoms with Crippen LogP contribution in [0.1, 0.15) is 25.0 Å². The molecule has 4 heterocycles. The molecular weight excluding hydrogens is 717 g/mol. The molecule has 0 atom stereocenters. The second-order valence-corrected chi connectivity index (χ2v) is 16.6. The molecule has 0 amide bonds. The van der Waals surface area contributed by atoms with Crippen molar-refractivity contribution in [2.24, 2.45) is 0 Å². The molecule has 0 aliphatic heterocycles. The molecule has 12 aromatic rings. The summed E-state index contributed by atoms with van der Waals surface area (Å²) in [5.74, 6) is 0. The van der Waals surface area contributed by atoms with E-state index in [1.54, 1.807) is 0 Å². The van der Waals surface area contributed by atoms with Crippen LogP contribution in [-0.4, -0.2) is 18.3 Å². The molecule has 0 spiro atoms. The van der Waals surface area contributed by atoms with Gasteiger partial charge in [-0.05, 0) is 107 Å². The van der Waals surface area contributed by atoms with Gasteiger partial charge in [-0.15, -0.1) is 0 Å². The maximum absolute atomic E-state index is 2.47. The summed E-state index contributed by atoms with van der Waals surface area (Å²) in [6.45, 7) is 4.80. The summed E-state index contributed by atoms with van der Waals surface area (Å²) in [6, 6.07) is 67.1. The summed E-state index contributed by atoms with van der Waals surface area (Å²) in [6.07, 6.45) is 4.41. The minimum atomic E-state index is -0.223. The summed E-state index contributed by atoms with van der Waals surface area (Å²) < 4.78 is 9.63. The Hall–Kier alpha value is -7.56. The largest absolute Gasteiger partial charge is 0.316 e. The van der Waals surface area contributed by atoms with Crippen molar-refractivity contribution in [2.45, 2.75) is 19.3 Å². The third-order valence-electron chi connectivity index (χ3n) is 13.2. The quantitative estimate of drug-likeness (QED) is 0.170. The molecule has 4 aromatic heterocycles. The highest BCUT2D eigenvalue weighted by Gasteiger charge is 2.36. The molecule has 4 nitrogen and oxygen atoms in total. The van der Waals surface area contributed by atoms with E-state index in [0.717, 1.165) is 0 Å². The van der Waals surface area contributed by atoms with Crippen LogP contribution in [0.2, 0.25) is 0 Å². The molecular formula is C55H38N4. The van der Waals surface area contributed by atoms with Gasteiger partial charge in [0.05, 0.1) is 33.1 Å². The lowest BCUT2D eigenvalue weighted by Crippen LogP contribution is -2.16. The predicted octanol–water partition coefficient (Wildman–Crippen LogP) is 14.1. The maximum atomic E-state index is 2.47. The molecule has 4 heteroatoms. The average molecular weight is 755 g/mol. The van der Waals surface area contributed by atoms with E-state index >= 15 is 0 Å². The van der Waals surface area contributed by atoms with E-state index in [-0.39, 0.29) is 5.41 Å². The van der Waals surface area contributed by atoms with Gasteiger partial charge in [0.1, 0.15) is 0 Å². The van der Waals surface area contributed by atoms with Crippen molar-refractivity contribution in [1.82, 2.24) is 18.3 Å². The minimum absolute atomic E-state index is 0.223. The number of hydrogen-bond donors (Lipinski definition) is 0. The topological polar surface area (TPSA) is 19.7 Å². The first-order valence-corrected chi connectivity index (χ1v) is 20.5. The monoisotopic (exact) mass is 754 g/mol. The maximum Gasteiger partial charge on any atom is 0.0628 e. The molecule has 1 aliphatic rings. The fourth-order valence-electron chi connectivity index (χ4n) is 10.5. The van der Waals surface area contributed by atoms with E-state index < -0.39 is 0 Å². The van der Waals surface area contributed by atoms with Gasteiger partial charge in [0, 0.05) is 72.9 Å². The first kappa shape index (κ1) is 32.5. The van der Waals surface area contributed by atoms with Gasteiger partial charge in [-0.25, -0.2) is 0 Å². The highest BCUT2D eigenvalue weighted by atomic mass is 15.0. The van der Waals surface area contributed by atoms with Crippen LogP contribution in [0.5, 0.6) is 0 Å². The van der Waals surface area contributed by atoms with Crippen LogP contribution in [-0.2, 0) is 5.41 Å². The lowest BCUT2D eigenvalue weighted by molar-refractivity contribution is 0.659. The van der Waals surface area contributed by atoms with E-state index in [9.17, 15) is 0 Å².